The van der Waals surface area contributed by atoms with E-state index in [0.717, 1.165) is 22.3 Å². The summed E-state index contributed by atoms with van der Waals surface area (Å²) in [5, 5.41) is 5.44. The molecule has 2 aromatic carbocycles. The Labute approximate surface area is 195 Å². The highest BCUT2D eigenvalue weighted by Crippen LogP contribution is 2.30. The molecule has 1 amide bonds. The van der Waals surface area contributed by atoms with Gasteiger partial charge in [0.2, 0.25) is 5.91 Å². The van der Waals surface area contributed by atoms with Gasteiger partial charge in [0.05, 0.1) is 25.9 Å². The number of hydrogen-bond acceptors (Lipinski definition) is 6. The average molecular weight is 464 g/mol. The maximum Gasteiger partial charge on any atom is 0.262 e. The van der Waals surface area contributed by atoms with E-state index in [1.165, 1.54) is 22.2 Å². The van der Waals surface area contributed by atoms with Crippen LogP contribution >= 0.6 is 11.3 Å². The molecule has 0 aliphatic rings. The molecule has 0 aliphatic heterocycles. The highest BCUT2D eigenvalue weighted by atomic mass is 32.1. The molecule has 0 bridgehead atoms. The van der Waals surface area contributed by atoms with Crippen LogP contribution in [0.5, 0.6) is 11.5 Å². The zero-order chi connectivity index (χ0) is 23.4. The van der Waals surface area contributed by atoms with Crippen molar-refractivity contribution in [2.24, 2.45) is 0 Å². The molecule has 0 aliphatic carbocycles. The molecule has 4 rings (SSSR count). The van der Waals surface area contributed by atoms with E-state index in [1.54, 1.807) is 20.3 Å². The lowest BCUT2D eigenvalue weighted by Crippen LogP contribution is -2.27. The Morgan fingerprint density at radius 3 is 2.45 bits per heavy atom. The number of nitrogens with one attached hydrogen (secondary N) is 1. The average Bonchev–Trinajstić information content (AvgIpc) is 3.27. The maximum atomic E-state index is 13.2. The van der Waals surface area contributed by atoms with Crippen molar-refractivity contribution >= 4 is 27.5 Å². The second-order valence-electron chi connectivity index (χ2n) is 7.69. The van der Waals surface area contributed by atoms with Gasteiger partial charge < -0.3 is 14.8 Å². The quantitative estimate of drug-likeness (QED) is 0.424. The molecule has 170 valence electrons. The summed E-state index contributed by atoms with van der Waals surface area (Å²) in [4.78, 5) is 30.7. The number of nitrogens with zero attached hydrogens (tertiary/aromatic N) is 2. The van der Waals surface area contributed by atoms with Crippen LogP contribution in [0, 0.1) is 6.92 Å². The Bertz CT molecular complexity index is 1320. The fraction of sp³-hybridized carbons (Fsp3) is 0.240. The summed E-state index contributed by atoms with van der Waals surface area (Å²) in [7, 11) is 3.16. The zero-order valence-electron chi connectivity index (χ0n) is 18.8. The van der Waals surface area contributed by atoms with Gasteiger partial charge in [0.1, 0.15) is 16.3 Å². The Morgan fingerprint density at radius 2 is 1.79 bits per heavy atom. The van der Waals surface area contributed by atoms with Gasteiger partial charge in [-0.25, -0.2) is 4.98 Å². The fourth-order valence-corrected chi connectivity index (χ4v) is 4.46. The smallest absolute Gasteiger partial charge is 0.262 e. The molecule has 0 saturated heterocycles. The first kappa shape index (κ1) is 22.5. The van der Waals surface area contributed by atoms with Gasteiger partial charge in [0.25, 0.3) is 5.56 Å². The van der Waals surface area contributed by atoms with E-state index in [-0.39, 0.29) is 24.4 Å². The molecule has 0 atom stereocenters. The zero-order valence-corrected chi connectivity index (χ0v) is 19.6. The monoisotopic (exact) mass is 463 g/mol. The van der Waals surface area contributed by atoms with Crippen molar-refractivity contribution in [3.8, 4) is 22.6 Å². The van der Waals surface area contributed by atoms with Crippen LogP contribution < -0.4 is 20.3 Å². The van der Waals surface area contributed by atoms with E-state index in [9.17, 15) is 9.59 Å². The molecule has 4 aromatic rings. The number of rotatable bonds is 8. The molecule has 1 N–H and O–H groups in total. The third-order valence-electron chi connectivity index (χ3n) is 5.40. The molecule has 0 saturated carbocycles. The van der Waals surface area contributed by atoms with Crippen molar-refractivity contribution in [1.82, 2.24) is 14.9 Å². The predicted octanol–water partition coefficient (Wildman–Crippen LogP) is 4.16. The minimum atomic E-state index is -0.159. The Kier molecular flexibility index (Phi) is 6.74. The Hall–Kier alpha value is -3.65. The molecule has 2 heterocycles. The second kappa shape index (κ2) is 9.87. The molecule has 2 aromatic heterocycles. The van der Waals surface area contributed by atoms with Crippen LogP contribution in [-0.4, -0.2) is 29.7 Å². The normalized spacial score (nSPS) is 10.9. The van der Waals surface area contributed by atoms with Crippen LogP contribution in [0.2, 0.25) is 0 Å². The van der Waals surface area contributed by atoms with Crippen LogP contribution in [0.25, 0.3) is 21.3 Å². The molecule has 8 heteroatoms. The van der Waals surface area contributed by atoms with Gasteiger partial charge in [-0.15, -0.1) is 11.3 Å². The van der Waals surface area contributed by atoms with Crippen LogP contribution in [-0.2, 0) is 17.9 Å². The molecule has 0 unspecified atom stereocenters. The van der Waals surface area contributed by atoms with Crippen molar-refractivity contribution in [1.29, 1.82) is 0 Å². The number of aryl methyl sites for hydroxylation is 2. The number of hydrogen-bond donors (Lipinski definition) is 1. The van der Waals surface area contributed by atoms with Gasteiger partial charge in [-0.3, -0.25) is 14.2 Å². The van der Waals surface area contributed by atoms with E-state index < -0.39 is 0 Å². The number of benzene rings is 2. The molecular formula is C25H25N3O4S. The summed E-state index contributed by atoms with van der Waals surface area (Å²) in [6.07, 6.45) is 1.68. The van der Waals surface area contributed by atoms with Gasteiger partial charge in [-0.2, -0.15) is 0 Å². The van der Waals surface area contributed by atoms with Crippen molar-refractivity contribution in [2.45, 2.75) is 26.4 Å². The summed E-state index contributed by atoms with van der Waals surface area (Å²) in [5.41, 5.74) is 3.74. The Balaban J connectivity index is 1.46. The third kappa shape index (κ3) is 5.06. The molecule has 0 fully saturated rings. The minimum absolute atomic E-state index is 0.137. The molecule has 0 spiro atoms. The summed E-state index contributed by atoms with van der Waals surface area (Å²) < 4.78 is 12.0. The highest BCUT2D eigenvalue weighted by molar-refractivity contribution is 7.17. The SMILES string of the molecule is COc1cc(CNC(=O)CCn2cnc3scc(-c4ccc(C)cc4)c3c2=O)cc(OC)c1. The number of carbonyl (C=O) groups is 1. The van der Waals surface area contributed by atoms with Crippen LogP contribution in [0.1, 0.15) is 17.5 Å². The molecule has 0 radical (unpaired) electrons. The summed E-state index contributed by atoms with van der Waals surface area (Å²) in [6, 6.07) is 13.5. The van der Waals surface area contributed by atoms with E-state index >= 15 is 0 Å². The van der Waals surface area contributed by atoms with Crippen molar-refractivity contribution < 1.29 is 14.3 Å². The van der Waals surface area contributed by atoms with Crippen LogP contribution in [0.4, 0.5) is 0 Å². The van der Waals surface area contributed by atoms with E-state index in [1.807, 2.05) is 48.7 Å². The number of thiophene rings is 1. The second-order valence-corrected chi connectivity index (χ2v) is 8.54. The van der Waals surface area contributed by atoms with Gasteiger partial charge in [-0.1, -0.05) is 29.8 Å². The summed E-state index contributed by atoms with van der Waals surface area (Å²) in [5.74, 6) is 1.15. The third-order valence-corrected chi connectivity index (χ3v) is 6.29. The topological polar surface area (TPSA) is 82.5 Å². The highest BCUT2D eigenvalue weighted by Gasteiger charge is 2.14. The van der Waals surface area contributed by atoms with Gasteiger partial charge in [-0.05, 0) is 30.2 Å². The van der Waals surface area contributed by atoms with Crippen LogP contribution in [0.3, 0.4) is 0 Å². The van der Waals surface area contributed by atoms with E-state index in [0.29, 0.717) is 28.3 Å². The number of carbonyl (C=O) groups excluding carboxylic acids is 1. The summed E-state index contributed by atoms with van der Waals surface area (Å²) >= 11 is 1.45. The molecule has 7 nitrogen and oxygen atoms in total. The molecular weight excluding hydrogens is 438 g/mol. The maximum absolute atomic E-state index is 13.2. The standard InChI is InChI=1S/C25H25N3O4S/c1-16-4-6-18(7-5-16)21-14-33-24-23(21)25(30)28(15-27-24)9-8-22(29)26-13-17-10-19(31-2)12-20(11-17)32-3/h4-7,10-12,14-15H,8-9,13H2,1-3H3,(H,26,29). The minimum Gasteiger partial charge on any atom is -0.497 e. The van der Waals surface area contributed by atoms with Crippen LogP contribution in [0.15, 0.2) is 59.0 Å². The number of methoxy groups -OCH3 is 2. The van der Waals surface area contributed by atoms with Gasteiger partial charge >= 0.3 is 0 Å². The summed E-state index contributed by atoms with van der Waals surface area (Å²) in [6.45, 7) is 2.61. The number of aromatic nitrogens is 2. The van der Waals surface area contributed by atoms with Gasteiger partial charge in [0, 0.05) is 36.5 Å². The van der Waals surface area contributed by atoms with E-state index in [4.69, 9.17) is 9.47 Å². The predicted molar refractivity (Wildman–Crippen MR) is 130 cm³/mol. The first-order valence-electron chi connectivity index (χ1n) is 10.5. The van der Waals surface area contributed by atoms with Crippen molar-refractivity contribution in [2.75, 3.05) is 14.2 Å². The fourth-order valence-electron chi connectivity index (χ4n) is 3.55. The number of fused-ring (bicyclic) bond motifs is 1. The van der Waals surface area contributed by atoms with E-state index in [2.05, 4.69) is 10.3 Å². The largest absolute Gasteiger partial charge is 0.497 e. The molecule has 33 heavy (non-hydrogen) atoms. The first-order chi connectivity index (χ1) is 16.0. The lowest BCUT2D eigenvalue weighted by molar-refractivity contribution is -0.121. The lowest BCUT2D eigenvalue weighted by atomic mass is 10.1. The van der Waals surface area contributed by atoms with Gasteiger partial charge in [0.15, 0.2) is 0 Å². The number of ether oxygens (including phenoxy) is 2. The Morgan fingerprint density at radius 1 is 1.09 bits per heavy atom. The van der Waals surface area contributed by atoms with Crippen molar-refractivity contribution in [3.63, 3.8) is 0 Å². The lowest BCUT2D eigenvalue weighted by Gasteiger charge is -2.10. The van der Waals surface area contributed by atoms with Crippen molar-refractivity contribution in [3.05, 3.63) is 75.7 Å². The number of amides is 1. The first-order valence-corrected chi connectivity index (χ1v) is 11.4.